The highest BCUT2D eigenvalue weighted by Gasteiger charge is 2.41. The number of carbonyl (C=O) groups is 1. The van der Waals surface area contributed by atoms with Crippen molar-refractivity contribution in [3.05, 3.63) is 75.6 Å². The molecule has 1 aliphatic heterocycles. The highest BCUT2D eigenvalue weighted by Crippen LogP contribution is 2.38. The van der Waals surface area contributed by atoms with Crippen molar-refractivity contribution < 1.29 is 13.9 Å². The van der Waals surface area contributed by atoms with Crippen LogP contribution in [0.3, 0.4) is 0 Å². The van der Waals surface area contributed by atoms with Gasteiger partial charge in [0, 0.05) is 6.54 Å². The van der Waals surface area contributed by atoms with Gasteiger partial charge >= 0.3 is 0 Å². The molecule has 2 aromatic carbocycles. The Bertz CT molecular complexity index is 1020. The normalized spacial score (nSPS) is 16.3. The first-order chi connectivity index (χ1) is 12.2. The summed E-state index contributed by atoms with van der Waals surface area (Å²) in [5.74, 6) is 0.620. The minimum atomic E-state index is -0.445. The van der Waals surface area contributed by atoms with Crippen LogP contribution in [0.5, 0.6) is 5.75 Å². The second-order valence-corrected chi connectivity index (χ2v) is 5.94. The molecule has 2 heterocycles. The molecule has 0 N–H and O–H groups in total. The molecule has 1 amide bonds. The van der Waals surface area contributed by atoms with Gasteiger partial charge in [0.25, 0.3) is 5.91 Å². The average molecular weight is 335 g/mol. The third kappa shape index (κ3) is 2.23. The summed E-state index contributed by atoms with van der Waals surface area (Å²) in [6.45, 7) is 2.38. The van der Waals surface area contributed by atoms with E-state index in [4.69, 9.17) is 9.15 Å². The van der Waals surface area contributed by atoms with E-state index in [-0.39, 0.29) is 17.1 Å². The van der Waals surface area contributed by atoms with Gasteiger partial charge in [-0.1, -0.05) is 24.3 Å². The summed E-state index contributed by atoms with van der Waals surface area (Å²) in [6, 6.07) is 14.0. The van der Waals surface area contributed by atoms with Gasteiger partial charge in [-0.2, -0.15) is 0 Å². The lowest BCUT2D eigenvalue weighted by atomic mass is 9.98. The fraction of sp³-hybridized carbons (Fsp3) is 0.200. The van der Waals surface area contributed by atoms with E-state index in [1.807, 2.05) is 31.2 Å². The second kappa shape index (κ2) is 5.77. The number of para-hydroxylation sites is 1. The van der Waals surface area contributed by atoms with Gasteiger partial charge in [0.1, 0.15) is 11.3 Å². The highest BCUT2D eigenvalue weighted by molar-refractivity contribution is 5.99. The largest absolute Gasteiger partial charge is 0.497 e. The molecule has 5 nitrogen and oxygen atoms in total. The SMILES string of the molecule is CCN1C(=O)c2oc3ccccc3c(=O)c2[C@@H]1c1ccc(OC)cc1. The smallest absolute Gasteiger partial charge is 0.290 e. The average Bonchev–Trinajstić information content (AvgIpc) is 2.94. The van der Waals surface area contributed by atoms with Crippen LogP contribution in [-0.4, -0.2) is 24.5 Å². The molecule has 1 atom stereocenters. The molecule has 0 spiro atoms. The maximum absolute atomic E-state index is 13.1. The van der Waals surface area contributed by atoms with Gasteiger partial charge in [-0.05, 0) is 36.8 Å². The lowest BCUT2D eigenvalue weighted by molar-refractivity contribution is 0.0738. The molecule has 0 bridgehead atoms. The molecule has 0 aliphatic carbocycles. The summed E-state index contributed by atoms with van der Waals surface area (Å²) in [5.41, 5.74) is 1.56. The van der Waals surface area contributed by atoms with Crippen LogP contribution in [0.1, 0.15) is 34.6 Å². The van der Waals surface area contributed by atoms with E-state index in [1.165, 1.54) is 0 Å². The number of ether oxygens (including phenoxy) is 1. The molecule has 5 heteroatoms. The maximum Gasteiger partial charge on any atom is 0.290 e. The van der Waals surface area contributed by atoms with Crippen LogP contribution in [0, 0.1) is 0 Å². The molecule has 0 saturated carbocycles. The van der Waals surface area contributed by atoms with Crippen molar-refractivity contribution in [3.8, 4) is 5.75 Å². The van der Waals surface area contributed by atoms with E-state index in [9.17, 15) is 9.59 Å². The summed E-state index contributed by atoms with van der Waals surface area (Å²) < 4.78 is 11.0. The predicted octanol–water partition coefficient (Wildman–Crippen LogP) is 3.37. The number of carbonyl (C=O) groups excluding carboxylic acids is 1. The molecule has 1 aromatic heterocycles. The highest BCUT2D eigenvalue weighted by atomic mass is 16.5. The number of methoxy groups -OCH3 is 1. The Balaban J connectivity index is 1.98. The molecular formula is C20H17NO4. The Kier molecular flexibility index (Phi) is 3.57. The summed E-state index contributed by atoms with van der Waals surface area (Å²) in [6.07, 6.45) is 0. The van der Waals surface area contributed by atoms with Gasteiger partial charge in [-0.25, -0.2) is 0 Å². The van der Waals surface area contributed by atoms with Crippen molar-refractivity contribution in [2.75, 3.05) is 13.7 Å². The van der Waals surface area contributed by atoms with Crippen LogP contribution in [-0.2, 0) is 0 Å². The van der Waals surface area contributed by atoms with Gasteiger partial charge in [0.2, 0.25) is 5.76 Å². The first-order valence-corrected chi connectivity index (χ1v) is 8.16. The van der Waals surface area contributed by atoms with Gasteiger partial charge in [0.05, 0.1) is 24.1 Å². The van der Waals surface area contributed by atoms with Crippen LogP contribution in [0.4, 0.5) is 0 Å². The minimum absolute atomic E-state index is 0.145. The fourth-order valence-corrected chi connectivity index (χ4v) is 3.43. The Labute approximate surface area is 144 Å². The number of rotatable bonds is 3. The number of hydrogen-bond donors (Lipinski definition) is 0. The molecule has 0 unspecified atom stereocenters. The van der Waals surface area contributed by atoms with E-state index >= 15 is 0 Å². The second-order valence-electron chi connectivity index (χ2n) is 5.94. The van der Waals surface area contributed by atoms with Crippen molar-refractivity contribution in [2.45, 2.75) is 13.0 Å². The molecule has 25 heavy (non-hydrogen) atoms. The van der Waals surface area contributed by atoms with Crippen molar-refractivity contribution in [2.24, 2.45) is 0 Å². The summed E-state index contributed by atoms with van der Waals surface area (Å²) in [4.78, 5) is 27.5. The van der Waals surface area contributed by atoms with Crippen LogP contribution in [0.2, 0.25) is 0 Å². The standard InChI is InChI=1S/C20H17NO4/c1-3-21-17(12-8-10-13(24-2)11-9-12)16-18(22)14-6-4-5-7-15(14)25-19(16)20(21)23/h4-11,17H,3H2,1-2H3/t17-/m0/s1. The fourth-order valence-electron chi connectivity index (χ4n) is 3.43. The molecule has 3 aromatic rings. The van der Waals surface area contributed by atoms with Crippen LogP contribution in [0.15, 0.2) is 57.7 Å². The zero-order valence-corrected chi connectivity index (χ0v) is 14.0. The molecule has 4 rings (SSSR count). The van der Waals surface area contributed by atoms with Crippen LogP contribution in [0.25, 0.3) is 11.0 Å². The van der Waals surface area contributed by atoms with E-state index < -0.39 is 6.04 Å². The molecule has 0 fully saturated rings. The monoisotopic (exact) mass is 335 g/mol. The Morgan fingerprint density at radius 2 is 1.80 bits per heavy atom. The van der Waals surface area contributed by atoms with E-state index in [1.54, 1.807) is 36.3 Å². The van der Waals surface area contributed by atoms with Crippen molar-refractivity contribution >= 4 is 16.9 Å². The predicted molar refractivity (Wildman–Crippen MR) is 94.0 cm³/mol. The molecule has 126 valence electrons. The van der Waals surface area contributed by atoms with Gasteiger partial charge in [-0.15, -0.1) is 0 Å². The van der Waals surface area contributed by atoms with Crippen molar-refractivity contribution in [3.63, 3.8) is 0 Å². The number of nitrogens with zero attached hydrogens (tertiary/aromatic N) is 1. The molecule has 0 radical (unpaired) electrons. The third-order valence-corrected chi connectivity index (χ3v) is 4.65. The van der Waals surface area contributed by atoms with Crippen LogP contribution < -0.4 is 10.2 Å². The number of amides is 1. The Morgan fingerprint density at radius 1 is 1.08 bits per heavy atom. The summed E-state index contributed by atoms with van der Waals surface area (Å²) >= 11 is 0. The third-order valence-electron chi connectivity index (χ3n) is 4.65. The lowest BCUT2D eigenvalue weighted by Crippen LogP contribution is -2.29. The van der Waals surface area contributed by atoms with E-state index in [2.05, 4.69) is 0 Å². The molecular weight excluding hydrogens is 318 g/mol. The van der Waals surface area contributed by atoms with E-state index in [0.717, 1.165) is 11.3 Å². The first-order valence-electron chi connectivity index (χ1n) is 8.16. The topological polar surface area (TPSA) is 59.8 Å². The Hall–Kier alpha value is -3.08. The maximum atomic E-state index is 13.1. The summed E-state index contributed by atoms with van der Waals surface area (Å²) in [5, 5.41) is 0.491. The number of fused-ring (bicyclic) bond motifs is 2. The van der Waals surface area contributed by atoms with Crippen molar-refractivity contribution in [1.29, 1.82) is 0 Å². The molecule has 0 saturated heterocycles. The number of benzene rings is 2. The summed E-state index contributed by atoms with van der Waals surface area (Å²) in [7, 11) is 1.60. The first kappa shape index (κ1) is 15.4. The van der Waals surface area contributed by atoms with Crippen LogP contribution >= 0.6 is 0 Å². The zero-order valence-electron chi connectivity index (χ0n) is 14.0. The quantitative estimate of drug-likeness (QED) is 0.736. The Morgan fingerprint density at radius 3 is 2.48 bits per heavy atom. The van der Waals surface area contributed by atoms with Gasteiger partial charge in [0.15, 0.2) is 5.43 Å². The van der Waals surface area contributed by atoms with Crippen molar-refractivity contribution in [1.82, 2.24) is 4.90 Å². The van der Waals surface area contributed by atoms with Gasteiger partial charge < -0.3 is 14.1 Å². The lowest BCUT2D eigenvalue weighted by Gasteiger charge is -2.23. The van der Waals surface area contributed by atoms with Gasteiger partial charge in [-0.3, -0.25) is 9.59 Å². The molecule has 1 aliphatic rings. The minimum Gasteiger partial charge on any atom is -0.497 e. The van der Waals surface area contributed by atoms with E-state index in [0.29, 0.717) is 23.1 Å². The zero-order chi connectivity index (χ0) is 17.6. The number of hydrogen-bond acceptors (Lipinski definition) is 4.